The van der Waals surface area contributed by atoms with Crippen molar-refractivity contribution in [3.05, 3.63) is 29.3 Å². The minimum Gasteiger partial charge on any atom is -0.508 e. The second kappa shape index (κ2) is 7.79. The van der Waals surface area contributed by atoms with Crippen LogP contribution in [0.3, 0.4) is 0 Å². The molecule has 2 N–H and O–H groups in total. The topological polar surface area (TPSA) is 84.9 Å². The Balaban J connectivity index is 1.91. The van der Waals surface area contributed by atoms with E-state index in [2.05, 4.69) is 10.1 Å². The largest absolute Gasteiger partial charge is 0.508 e. The van der Waals surface area contributed by atoms with E-state index in [9.17, 15) is 14.7 Å². The van der Waals surface area contributed by atoms with Crippen LogP contribution >= 0.6 is 0 Å². The zero-order valence-corrected chi connectivity index (χ0v) is 12.6. The monoisotopic (exact) mass is 307 g/mol. The molecular formula is C16H21NO5. The number of carbonyl (C=O) groups excluding carboxylic acids is 2. The SMILES string of the molecule is COC(=O)c1cc(O)cc(C(=O)NCC[C@H]2CCCOC2)c1. The molecule has 1 atom stereocenters. The number of rotatable bonds is 5. The highest BCUT2D eigenvalue weighted by Crippen LogP contribution is 2.18. The fraction of sp³-hybridized carbons (Fsp3) is 0.500. The number of nitrogens with one attached hydrogen (secondary N) is 1. The van der Waals surface area contributed by atoms with Crippen LogP contribution in [-0.2, 0) is 9.47 Å². The summed E-state index contributed by atoms with van der Waals surface area (Å²) in [5, 5.41) is 12.4. The van der Waals surface area contributed by atoms with Gasteiger partial charge in [-0.1, -0.05) is 0 Å². The lowest BCUT2D eigenvalue weighted by Gasteiger charge is -2.21. The first kappa shape index (κ1) is 16.3. The lowest BCUT2D eigenvalue weighted by Crippen LogP contribution is -2.28. The number of carbonyl (C=O) groups is 2. The van der Waals surface area contributed by atoms with Gasteiger partial charge in [0.15, 0.2) is 0 Å². The molecule has 0 saturated carbocycles. The highest BCUT2D eigenvalue weighted by molar-refractivity contribution is 5.98. The van der Waals surface area contributed by atoms with Crippen molar-refractivity contribution in [3.63, 3.8) is 0 Å². The third-order valence-corrected chi connectivity index (χ3v) is 3.69. The molecule has 1 heterocycles. The van der Waals surface area contributed by atoms with Crippen LogP contribution in [-0.4, -0.2) is 43.9 Å². The maximum Gasteiger partial charge on any atom is 0.338 e. The van der Waals surface area contributed by atoms with Crippen LogP contribution < -0.4 is 5.32 Å². The maximum atomic E-state index is 12.1. The maximum absolute atomic E-state index is 12.1. The zero-order valence-electron chi connectivity index (χ0n) is 12.6. The van der Waals surface area contributed by atoms with Gasteiger partial charge in [0.05, 0.1) is 12.7 Å². The van der Waals surface area contributed by atoms with Gasteiger partial charge in [-0.05, 0) is 43.4 Å². The summed E-state index contributed by atoms with van der Waals surface area (Å²) in [6.07, 6.45) is 3.04. The Morgan fingerprint density at radius 1 is 1.36 bits per heavy atom. The van der Waals surface area contributed by atoms with Gasteiger partial charge >= 0.3 is 5.97 Å². The Labute approximate surface area is 129 Å². The van der Waals surface area contributed by atoms with Crippen molar-refractivity contribution in [3.8, 4) is 5.75 Å². The summed E-state index contributed by atoms with van der Waals surface area (Å²) in [5.41, 5.74) is 0.383. The third-order valence-electron chi connectivity index (χ3n) is 3.69. The first-order valence-corrected chi connectivity index (χ1v) is 7.38. The number of amides is 1. The van der Waals surface area contributed by atoms with E-state index in [-0.39, 0.29) is 22.8 Å². The van der Waals surface area contributed by atoms with Crippen molar-refractivity contribution < 1.29 is 24.2 Å². The van der Waals surface area contributed by atoms with E-state index < -0.39 is 5.97 Å². The van der Waals surface area contributed by atoms with Crippen molar-refractivity contribution in [1.29, 1.82) is 0 Å². The smallest absolute Gasteiger partial charge is 0.338 e. The van der Waals surface area contributed by atoms with Crippen molar-refractivity contribution in [2.45, 2.75) is 19.3 Å². The molecule has 1 amide bonds. The average Bonchev–Trinajstić information content (AvgIpc) is 2.54. The van der Waals surface area contributed by atoms with Gasteiger partial charge in [-0.2, -0.15) is 0 Å². The van der Waals surface area contributed by atoms with Gasteiger partial charge in [0.2, 0.25) is 0 Å². The van der Waals surface area contributed by atoms with E-state index in [4.69, 9.17) is 4.74 Å². The number of benzene rings is 1. The van der Waals surface area contributed by atoms with Crippen LogP contribution in [0.1, 0.15) is 40.0 Å². The van der Waals surface area contributed by atoms with E-state index in [1.165, 1.54) is 25.3 Å². The van der Waals surface area contributed by atoms with E-state index >= 15 is 0 Å². The Bertz CT molecular complexity index is 537. The van der Waals surface area contributed by atoms with Crippen molar-refractivity contribution in [2.24, 2.45) is 5.92 Å². The molecule has 0 radical (unpaired) electrons. The summed E-state index contributed by atoms with van der Waals surface area (Å²) in [6.45, 7) is 2.10. The number of phenolic OH excluding ortho intramolecular Hbond substituents is 1. The first-order chi connectivity index (χ1) is 10.6. The molecule has 6 nitrogen and oxygen atoms in total. The van der Waals surface area contributed by atoms with E-state index in [0.717, 1.165) is 32.5 Å². The molecule has 120 valence electrons. The summed E-state index contributed by atoms with van der Waals surface area (Å²) in [5.74, 6) is -0.584. The van der Waals surface area contributed by atoms with E-state index in [1.807, 2.05) is 0 Å². The molecule has 1 aromatic rings. The highest BCUT2D eigenvalue weighted by Gasteiger charge is 2.16. The average molecular weight is 307 g/mol. The molecule has 0 bridgehead atoms. The van der Waals surface area contributed by atoms with Gasteiger partial charge < -0.3 is 19.9 Å². The standard InChI is InChI=1S/C16H21NO5/c1-21-16(20)13-7-12(8-14(18)9-13)15(19)17-5-4-11-3-2-6-22-10-11/h7-9,11,18H,2-6,10H2,1H3,(H,17,19)/t11-/m1/s1. The van der Waals surface area contributed by atoms with Crippen molar-refractivity contribution in [1.82, 2.24) is 5.32 Å². The molecule has 2 rings (SSSR count). The third kappa shape index (κ3) is 4.46. The molecule has 0 spiro atoms. The Morgan fingerprint density at radius 3 is 2.82 bits per heavy atom. The Hall–Kier alpha value is -2.08. The lowest BCUT2D eigenvalue weighted by molar-refractivity contribution is 0.0514. The second-order valence-corrected chi connectivity index (χ2v) is 5.39. The number of esters is 1. The van der Waals surface area contributed by atoms with Crippen LogP contribution in [0, 0.1) is 5.92 Å². The summed E-state index contributed by atoms with van der Waals surface area (Å²) in [4.78, 5) is 23.6. The van der Waals surface area contributed by atoms with Crippen LogP contribution in [0.5, 0.6) is 5.75 Å². The molecule has 0 aromatic heterocycles. The molecule has 1 fully saturated rings. The highest BCUT2D eigenvalue weighted by atomic mass is 16.5. The lowest BCUT2D eigenvalue weighted by atomic mass is 9.99. The molecule has 0 unspecified atom stereocenters. The fourth-order valence-corrected chi connectivity index (χ4v) is 2.50. The molecular weight excluding hydrogens is 286 g/mol. The van der Waals surface area contributed by atoms with Gasteiger partial charge in [-0.25, -0.2) is 4.79 Å². The van der Waals surface area contributed by atoms with Crippen molar-refractivity contribution >= 4 is 11.9 Å². The van der Waals surface area contributed by atoms with Gasteiger partial charge in [-0.3, -0.25) is 4.79 Å². The number of methoxy groups -OCH3 is 1. The molecule has 22 heavy (non-hydrogen) atoms. The minimum absolute atomic E-state index is 0.145. The Kier molecular flexibility index (Phi) is 5.77. The van der Waals surface area contributed by atoms with Crippen LogP contribution in [0.15, 0.2) is 18.2 Å². The summed E-state index contributed by atoms with van der Waals surface area (Å²) in [7, 11) is 1.25. The van der Waals surface area contributed by atoms with E-state index in [0.29, 0.717) is 12.5 Å². The van der Waals surface area contributed by atoms with Gasteiger partial charge in [0, 0.05) is 25.3 Å². The number of phenols is 1. The van der Waals surface area contributed by atoms with Crippen LogP contribution in [0.2, 0.25) is 0 Å². The van der Waals surface area contributed by atoms with Crippen LogP contribution in [0.4, 0.5) is 0 Å². The number of hydrogen-bond donors (Lipinski definition) is 2. The van der Waals surface area contributed by atoms with Gasteiger partial charge in [0.1, 0.15) is 5.75 Å². The predicted molar refractivity (Wildman–Crippen MR) is 79.9 cm³/mol. The quantitative estimate of drug-likeness (QED) is 0.809. The van der Waals surface area contributed by atoms with Crippen molar-refractivity contribution in [2.75, 3.05) is 26.9 Å². The molecule has 1 aromatic carbocycles. The minimum atomic E-state index is -0.593. The molecule has 0 aliphatic carbocycles. The van der Waals surface area contributed by atoms with Gasteiger partial charge in [0.25, 0.3) is 5.91 Å². The first-order valence-electron chi connectivity index (χ1n) is 7.38. The normalized spacial score (nSPS) is 17.8. The predicted octanol–water partition coefficient (Wildman–Crippen LogP) is 1.73. The Morgan fingerprint density at radius 2 is 2.14 bits per heavy atom. The molecule has 6 heteroatoms. The molecule has 1 saturated heterocycles. The summed E-state index contributed by atoms with van der Waals surface area (Å²) in [6, 6.07) is 4.00. The van der Waals surface area contributed by atoms with Gasteiger partial charge in [-0.15, -0.1) is 0 Å². The molecule has 1 aliphatic rings. The van der Waals surface area contributed by atoms with Crippen LogP contribution in [0.25, 0.3) is 0 Å². The van der Waals surface area contributed by atoms with E-state index in [1.54, 1.807) is 0 Å². The number of ether oxygens (including phenoxy) is 2. The zero-order chi connectivity index (χ0) is 15.9. The second-order valence-electron chi connectivity index (χ2n) is 5.39. The molecule has 1 aliphatic heterocycles. The summed E-state index contributed by atoms with van der Waals surface area (Å²) < 4.78 is 9.99. The number of hydrogen-bond acceptors (Lipinski definition) is 5. The number of aromatic hydroxyl groups is 1. The summed E-state index contributed by atoms with van der Waals surface area (Å²) >= 11 is 0. The fourth-order valence-electron chi connectivity index (χ4n) is 2.50.